The summed E-state index contributed by atoms with van der Waals surface area (Å²) in [7, 11) is 6.72. The zero-order valence-electron chi connectivity index (χ0n) is 15.6. The highest BCUT2D eigenvalue weighted by Gasteiger charge is 2.22. The van der Waals surface area contributed by atoms with Gasteiger partial charge in [0.25, 0.3) is 0 Å². The molecule has 0 saturated carbocycles. The van der Waals surface area contributed by atoms with Gasteiger partial charge < -0.3 is 4.90 Å². The van der Waals surface area contributed by atoms with Crippen LogP contribution in [0.25, 0.3) is 0 Å². The summed E-state index contributed by atoms with van der Waals surface area (Å²) >= 11 is 0. The third kappa shape index (κ3) is 6.55. The van der Waals surface area contributed by atoms with Gasteiger partial charge in [0, 0.05) is 37.3 Å². The zero-order valence-corrected chi connectivity index (χ0v) is 15.6. The predicted octanol–water partition coefficient (Wildman–Crippen LogP) is 3.16. The molecule has 0 saturated heterocycles. The van der Waals surface area contributed by atoms with E-state index in [1.165, 1.54) is 12.8 Å². The van der Waals surface area contributed by atoms with Crippen molar-refractivity contribution in [2.45, 2.75) is 65.5 Å². The molecule has 0 aromatic heterocycles. The van der Waals surface area contributed by atoms with Crippen molar-refractivity contribution in [1.82, 2.24) is 14.7 Å². The summed E-state index contributed by atoms with van der Waals surface area (Å²) in [4.78, 5) is 7.40. The number of rotatable bonds is 10. The molecule has 0 bridgehead atoms. The van der Waals surface area contributed by atoms with Crippen LogP contribution in [-0.4, -0.2) is 73.1 Å². The highest BCUT2D eigenvalue weighted by Crippen LogP contribution is 2.17. The highest BCUT2D eigenvalue weighted by molar-refractivity contribution is 4.79. The van der Waals surface area contributed by atoms with E-state index in [2.05, 4.69) is 77.4 Å². The summed E-state index contributed by atoms with van der Waals surface area (Å²) in [5.74, 6) is 0. The van der Waals surface area contributed by atoms with Crippen LogP contribution >= 0.6 is 0 Å². The lowest BCUT2D eigenvalue weighted by Crippen LogP contribution is -2.46. The van der Waals surface area contributed by atoms with E-state index in [1.54, 1.807) is 0 Å². The normalized spacial score (nSPS) is 13.8. The van der Waals surface area contributed by atoms with E-state index in [0.29, 0.717) is 11.1 Å². The maximum Gasteiger partial charge on any atom is 0.0148 e. The Hall–Kier alpha value is -0.120. The minimum atomic E-state index is 0.307. The quantitative estimate of drug-likeness (QED) is 0.610. The Balaban J connectivity index is 4.04. The summed E-state index contributed by atoms with van der Waals surface area (Å²) < 4.78 is 0. The Morgan fingerprint density at radius 1 is 0.600 bits per heavy atom. The Labute approximate surface area is 128 Å². The topological polar surface area (TPSA) is 9.72 Å². The van der Waals surface area contributed by atoms with Crippen LogP contribution in [-0.2, 0) is 0 Å². The van der Waals surface area contributed by atoms with Crippen LogP contribution in [0.3, 0.4) is 0 Å². The van der Waals surface area contributed by atoms with Crippen LogP contribution < -0.4 is 0 Å². The van der Waals surface area contributed by atoms with Gasteiger partial charge in [-0.1, -0.05) is 13.8 Å². The van der Waals surface area contributed by atoms with Crippen LogP contribution in [0.2, 0.25) is 0 Å². The van der Waals surface area contributed by atoms with Gasteiger partial charge in [-0.25, -0.2) is 0 Å². The third-order valence-corrected chi connectivity index (χ3v) is 5.43. The van der Waals surface area contributed by atoms with Crippen LogP contribution in [0.1, 0.15) is 54.4 Å². The van der Waals surface area contributed by atoms with Crippen LogP contribution in [0.4, 0.5) is 0 Å². The summed E-state index contributed by atoms with van der Waals surface area (Å²) in [6, 6.07) is 0. The summed E-state index contributed by atoms with van der Waals surface area (Å²) in [6.07, 6.45) is 2.39. The van der Waals surface area contributed by atoms with E-state index in [-0.39, 0.29) is 0 Å². The van der Waals surface area contributed by atoms with Crippen molar-refractivity contribution in [3.8, 4) is 0 Å². The fraction of sp³-hybridized carbons (Fsp3) is 1.00. The first kappa shape index (κ1) is 19.9. The summed E-state index contributed by atoms with van der Waals surface area (Å²) in [6.45, 7) is 18.4. The Morgan fingerprint density at radius 2 is 0.900 bits per heavy atom. The van der Waals surface area contributed by atoms with E-state index in [0.717, 1.165) is 26.2 Å². The first-order valence-corrected chi connectivity index (χ1v) is 8.18. The van der Waals surface area contributed by atoms with E-state index in [9.17, 15) is 0 Å². The van der Waals surface area contributed by atoms with Crippen molar-refractivity contribution in [2.24, 2.45) is 0 Å². The minimum Gasteiger partial charge on any atom is -0.304 e. The second-order valence-electron chi connectivity index (χ2n) is 7.48. The first-order valence-electron chi connectivity index (χ1n) is 8.18. The number of likely N-dealkylation sites (N-methyl/N-ethyl adjacent to an activating group) is 3. The van der Waals surface area contributed by atoms with Gasteiger partial charge in [-0.15, -0.1) is 0 Å². The lowest BCUT2D eigenvalue weighted by atomic mass is 10.00. The molecule has 0 aliphatic carbocycles. The van der Waals surface area contributed by atoms with Gasteiger partial charge in [-0.3, -0.25) is 9.80 Å². The molecule has 3 heteroatoms. The zero-order chi connectivity index (χ0) is 16.0. The van der Waals surface area contributed by atoms with Gasteiger partial charge >= 0.3 is 0 Å². The minimum absolute atomic E-state index is 0.307. The van der Waals surface area contributed by atoms with Gasteiger partial charge in [-0.2, -0.15) is 0 Å². The SMILES string of the molecule is CCC(C)(C)N(C)CCN(C)CCN(C)C(C)(C)CC. The van der Waals surface area contributed by atoms with Gasteiger partial charge in [0.1, 0.15) is 0 Å². The third-order valence-electron chi connectivity index (χ3n) is 5.43. The molecule has 20 heavy (non-hydrogen) atoms. The lowest BCUT2D eigenvalue weighted by molar-refractivity contribution is 0.114. The standard InChI is InChI=1S/C17H39N3/c1-10-16(3,4)19(8)14-12-18(7)13-15-20(9)17(5,6)11-2/h10-15H2,1-9H3. The Bertz CT molecular complexity index is 235. The van der Waals surface area contributed by atoms with Crippen LogP contribution in [0.15, 0.2) is 0 Å². The van der Waals surface area contributed by atoms with Crippen LogP contribution in [0.5, 0.6) is 0 Å². The Morgan fingerprint density at radius 3 is 1.15 bits per heavy atom. The molecule has 0 heterocycles. The van der Waals surface area contributed by atoms with E-state index < -0.39 is 0 Å². The lowest BCUT2D eigenvalue weighted by Gasteiger charge is -2.37. The second kappa shape index (κ2) is 8.35. The molecule has 0 fully saturated rings. The summed E-state index contributed by atoms with van der Waals surface area (Å²) in [5, 5.41) is 0. The molecule has 0 radical (unpaired) electrons. The molecule has 0 aromatic carbocycles. The highest BCUT2D eigenvalue weighted by atomic mass is 15.2. The molecule has 0 aliphatic heterocycles. The average Bonchev–Trinajstić information content (AvgIpc) is 2.41. The van der Waals surface area contributed by atoms with Crippen molar-refractivity contribution in [1.29, 1.82) is 0 Å². The van der Waals surface area contributed by atoms with Crippen molar-refractivity contribution in [3.05, 3.63) is 0 Å². The largest absolute Gasteiger partial charge is 0.304 e. The predicted molar refractivity (Wildman–Crippen MR) is 91.5 cm³/mol. The number of hydrogen-bond acceptors (Lipinski definition) is 3. The van der Waals surface area contributed by atoms with E-state index >= 15 is 0 Å². The van der Waals surface area contributed by atoms with Crippen molar-refractivity contribution in [2.75, 3.05) is 47.3 Å². The molecule has 0 N–H and O–H groups in total. The fourth-order valence-corrected chi connectivity index (χ4v) is 1.90. The average molecular weight is 286 g/mol. The van der Waals surface area contributed by atoms with E-state index in [1.807, 2.05) is 0 Å². The number of nitrogens with zero attached hydrogens (tertiary/aromatic N) is 3. The maximum atomic E-state index is 2.48. The van der Waals surface area contributed by atoms with Gasteiger partial charge in [-0.05, 0) is 61.7 Å². The smallest absolute Gasteiger partial charge is 0.0148 e. The molecule has 0 spiro atoms. The van der Waals surface area contributed by atoms with Gasteiger partial charge in [0.05, 0.1) is 0 Å². The van der Waals surface area contributed by atoms with Crippen molar-refractivity contribution < 1.29 is 0 Å². The molecular formula is C17H39N3. The molecule has 3 nitrogen and oxygen atoms in total. The molecule has 0 aromatic rings. The summed E-state index contributed by atoms with van der Waals surface area (Å²) in [5.41, 5.74) is 0.615. The molecule has 0 aliphatic rings. The fourth-order valence-electron chi connectivity index (χ4n) is 1.90. The van der Waals surface area contributed by atoms with Gasteiger partial charge in [0.15, 0.2) is 0 Å². The van der Waals surface area contributed by atoms with Crippen molar-refractivity contribution in [3.63, 3.8) is 0 Å². The first-order chi connectivity index (χ1) is 9.06. The van der Waals surface area contributed by atoms with E-state index in [4.69, 9.17) is 0 Å². The molecule has 0 amide bonds. The molecule has 0 atom stereocenters. The molecule has 122 valence electrons. The monoisotopic (exact) mass is 285 g/mol. The number of hydrogen-bond donors (Lipinski definition) is 0. The molecule has 0 unspecified atom stereocenters. The molecular weight excluding hydrogens is 246 g/mol. The van der Waals surface area contributed by atoms with Gasteiger partial charge in [0.2, 0.25) is 0 Å². The molecule has 0 rings (SSSR count). The second-order valence-corrected chi connectivity index (χ2v) is 7.48. The van der Waals surface area contributed by atoms with Crippen LogP contribution in [0, 0.1) is 0 Å². The maximum absolute atomic E-state index is 2.48. The van der Waals surface area contributed by atoms with Crippen molar-refractivity contribution >= 4 is 0 Å². The Kier molecular flexibility index (Phi) is 8.30.